The van der Waals surface area contributed by atoms with E-state index in [-0.39, 0.29) is 28.5 Å². The fourth-order valence-corrected chi connectivity index (χ4v) is 4.92. The van der Waals surface area contributed by atoms with Crippen molar-refractivity contribution in [3.05, 3.63) is 81.6 Å². The molecule has 1 saturated heterocycles. The van der Waals surface area contributed by atoms with E-state index in [9.17, 15) is 14.7 Å². The molecule has 1 unspecified atom stereocenters. The predicted molar refractivity (Wildman–Crippen MR) is 141 cm³/mol. The minimum absolute atomic E-state index is 0.00916. The van der Waals surface area contributed by atoms with Crippen molar-refractivity contribution in [3.8, 4) is 23.0 Å². The van der Waals surface area contributed by atoms with Crippen LogP contribution in [0.25, 0.3) is 5.76 Å². The number of likely N-dealkylation sites (tertiary alicyclic amines) is 1. The van der Waals surface area contributed by atoms with Crippen LogP contribution in [0.4, 0.5) is 0 Å². The number of hydrogen-bond acceptors (Lipinski definition) is 8. The van der Waals surface area contributed by atoms with Crippen molar-refractivity contribution in [1.82, 2.24) is 9.88 Å². The van der Waals surface area contributed by atoms with Crippen LogP contribution in [-0.4, -0.2) is 55.1 Å². The third-order valence-electron chi connectivity index (χ3n) is 6.25. The lowest BCUT2D eigenvalue weighted by atomic mass is 9.94. The number of aliphatic hydroxyl groups is 1. The van der Waals surface area contributed by atoms with Gasteiger partial charge in [0.1, 0.15) is 11.5 Å². The zero-order chi connectivity index (χ0) is 27.6. The van der Waals surface area contributed by atoms with E-state index in [1.165, 1.54) is 33.3 Å². The van der Waals surface area contributed by atoms with Gasteiger partial charge in [0.15, 0.2) is 11.5 Å². The first-order valence-electron chi connectivity index (χ1n) is 11.6. The molecule has 1 amide bonds. The molecule has 0 radical (unpaired) electrons. The van der Waals surface area contributed by atoms with Crippen molar-refractivity contribution < 1.29 is 33.6 Å². The highest BCUT2D eigenvalue weighted by Gasteiger charge is 2.47. The number of benzene rings is 2. The fraction of sp³-hybridized carbons (Fsp3) is 0.250. The number of methoxy groups -OCH3 is 4. The van der Waals surface area contributed by atoms with Gasteiger partial charge in [-0.15, -0.1) is 0 Å². The molecule has 2 heterocycles. The monoisotopic (exact) mass is 538 g/mol. The summed E-state index contributed by atoms with van der Waals surface area (Å²) in [6.07, 6.45) is 1.60. The maximum Gasteiger partial charge on any atom is 0.296 e. The number of halogens is 1. The molecule has 0 bridgehead atoms. The second-order valence-electron chi connectivity index (χ2n) is 8.53. The Balaban J connectivity index is 2.01. The minimum atomic E-state index is -1.02. The number of pyridine rings is 1. The normalized spacial score (nSPS) is 16.5. The molecule has 1 aromatic heterocycles. The van der Waals surface area contributed by atoms with Gasteiger partial charge in [-0.1, -0.05) is 17.7 Å². The Morgan fingerprint density at radius 1 is 0.974 bits per heavy atom. The zero-order valence-corrected chi connectivity index (χ0v) is 22.3. The van der Waals surface area contributed by atoms with Crippen LogP contribution in [0, 0.1) is 6.92 Å². The maximum absolute atomic E-state index is 13.5. The van der Waals surface area contributed by atoms with Gasteiger partial charge in [0.25, 0.3) is 11.7 Å². The van der Waals surface area contributed by atoms with E-state index < -0.39 is 23.5 Å². The first kappa shape index (κ1) is 26.8. The van der Waals surface area contributed by atoms with E-state index in [1.54, 1.807) is 55.6 Å². The smallest absolute Gasteiger partial charge is 0.296 e. The Morgan fingerprint density at radius 3 is 2.18 bits per heavy atom. The van der Waals surface area contributed by atoms with Crippen molar-refractivity contribution in [2.75, 3.05) is 28.4 Å². The second-order valence-corrected chi connectivity index (χ2v) is 8.94. The van der Waals surface area contributed by atoms with Gasteiger partial charge in [0.05, 0.1) is 62.9 Å². The van der Waals surface area contributed by atoms with Crippen molar-refractivity contribution >= 4 is 29.1 Å². The number of ketones is 1. The molecule has 38 heavy (non-hydrogen) atoms. The van der Waals surface area contributed by atoms with E-state index in [0.717, 1.165) is 5.56 Å². The minimum Gasteiger partial charge on any atom is -0.507 e. The number of aryl methyl sites for hydroxylation is 1. The predicted octanol–water partition coefficient (Wildman–Crippen LogP) is 4.70. The Labute approximate surface area is 225 Å². The zero-order valence-electron chi connectivity index (χ0n) is 21.6. The van der Waals surface area contributed by atoms with E-state index in [0.29, 0.717) is 28.5 Å². The van der Waals surface area contributed by atoms with Crippen molar-refractivity contribution in [2.45, 2.75) is 19.5 Å². The van der Waals surface area contributed by atoms with Gasteiger partial charge in [-0.05, 0) is 54.4 Å². The molecule has 9 nitrogen and oxygen atoms in total. The van der Waals surface area contributed by atoms with E-state index in [4.69, 9.17) is 30.5 Å². The highest BCUT2D eigenvalue weighted by atomic mass is 35.5. The van der Waals surface area contributed by atoms with Gasteiger partial charge >= 0.3 is 0 Å². The SMILES string of the molecule is COc1cc(C2/C(=C(\O)c3cc(C)cc(Cl)c3OC)C(=O)C(=O)N2Cc2ccccn2)cc(OC)c1OC. The molecule has 198 valence electrons. The van der Waals surface area contributed by atoms with Crippen LogP contribution in [0.5, 0.6) is 23.0 Å². The molecule has 1 fully saturated rings. The van der Waals surface area contributed by atoms with Crippen molar-refractivity contribution in [2.24, 2.45) is 0 Å². The number of nitrogens with zero attached hydrogens (tertiary/aromatic N) is 2. The number of Topliss-reactive ketones (excluding diaryl/α,β-unsaturated/α-hetero) is 1. The van der Waals surface area contributed by atoms with E-state index in [2.05, 4.69) is 4.98 Å². The van der Waals surface area contributed by atoms with Gasteiger partial charge in [-0.3, -0.25) is 14.6 Å². The summed E-state index contributed by atoms with van der Waals surface area (Å²) in [5, 5.41) is 11.8. The molecule has 4 rings (SSSR count). The van der Waals surface area contributed by atoms with Crippen molar-refractivity contribution in [3.63, 3.8) is 0 Å². The van der Waals surface area contributed by atoms with E-state index >= 15 is 0 Å². The Kier molecular flexibility index (Phi) is 7.78. The lowest BCUT2D eigenvalue weighted by Gasteiger charge is -2.26. The highest BCUT2D eigenvalue weighted by Crippen LogP contribution is 2.47. The summed E-state index contributed by atoms with van der Waals surface area (Å²) in [5.74, 6) is -0.927. The van der Waals surface area contributed by atoms with Crippen LogP contribution >= 0.6 is 11.6 Å². The van der Waals surface area contributed by atoms with Gasteiger partial charge in [0, 0.05) is 6.20 Å². The number of amides is 1. The standard InChI is InChI=1S/C28H27ClN2O7/c1-15-10-18(26(37-4)19(29)11-15)24(32)22-23(16-12-20(35-2)27(38-5)21(13-16)36-3)31(28(34)25(22)33)14-17-8-6-7-9-30-17/h6-13,23,32H,14H2,1-5H3/b24-22+. The topological polar surface area (TPSA) is 107 Å². The second kappa shape index (κ2) is 11.0. The lowest BCUT2D eigenvalue weighted by molar-refractivity contribution is -0.140. The molecule has 10 heteroatoms. The fourth-order valence-electron chi connectivity index (χ4n) is 4.57. The van der Waals surface area contributed by atoms with Crippen LogP contribution in [0.15, 0.2) is 54.2 Å². The number of ether oxygens (including phenoxy) is 4. The van der Waals surface area contributed by atoms with Crippen LogP contribution in [-0.2, 0) is 16.1 Å². The number of hydrogen-bond donors (Lipinski definition) is 1. The first-order chi connectivity index (χ1) is 18.2. The Morgan fingerprint density at radius 2 is 1.63 bits per heavy atom. The highest BCUT2D eigenvalue weighted by molar-refractivity contribution is 6.46. The van der Waals surface area contributed by atoms with Gasteiger partial charge < -0.3 is 29.0 Å². The molecule has 0 saturated carbocycles. The average Bonchev–Trinajstić information content (AvgIpc) is 3.16. The molecular formula is C28H27ClN2O7. The Hall–Kier alpha value is -4.24. The van der Waals surface area contributed by atoms with Crippen molar-refractivity contribution in [1.29, 1.82) is 0 Å². The molecule has 1 N–H and O–H groups in total. The third kappa shape index (κ3) is 4.72. The molecule has 1 atom stereocenters. The summed E-state index contributed by atoms with van der Waals surface area (Å²) in [5.41, 5.74) is 1.78. The van der Waals surface area contributed by atoms with Crippen LogP contribution in [0.2, 0.25) is 5.02 Å². The molecule has 2 aromatic carbocycles. The molecule has 3 aromatic rings. The summed E-state index contributed by atoms with van der Waals surface area (Å²) >= 11 is 6.38. The summed E-state index contributed by atoms with van der Waals surface area (Å²) in [6, 6.07) is 10.8. The number of aliphatic hydroxyl groups excluding tert-OH is 1. The largest absolute Gasteiger partial charge is 0.507 e. The molecular weight excluding hydrogens is 512 g/mol. The van der Waals surface area contributed by atoms with Gasteiger partial charge in [-0.2, -0.15) is 0 Å². The average molecular weight is 539 g/mol. The lowest BCUT2D eigenvalue weighted by Crippen LogP contribution is -2.29. The quantitative estimate of drug-likeness (QED) is 0.250. The molecule has 1 aliphatic heterocycles. The van der Waals surface area contributed by atoms with Crippen LogP contribution in [0.1, 0.15) is 28.4 Å². The molecule has 0 spiro atoms. The number of rotatable bonds is 8. The van der Waals surface area contributed by atoms with Gasteiger partial charge in [-0.25, -0.2) is 0 Å². The summed E-state index contributed by atoms with van der Waals surface area (Å²) in [7, 11) is 5.81. The molecule has 0 aliphatic carbocycles. The summed E-state index contributed by atoms with van der Waals surface area (Å²) in [6.45, 7) is 1.80. The number of aromatic nitrogens is 1. The van der Waals surface area contributed by atoms with Crippen LogP contribution in [0.3, 0.4) is 0 Å². The summed E-state index contributed by atoms with van der Waals surface area (Å²) in [4.78, 5) is 32.6. The summed E-state index contributed by atoms with van der Waals surface area (Å²) < 4.78 is 21.9. The number of carbonyl (C=O) groups is 2. The Bertz CT molecular complexity index is 1400. The first-order valence-corrected chi connectivity index (χ1v) is 12.0. The van der Waals surface area contributed by atoms with E-state index in [1.807, 2.05) is 0 Å². The third-order valence-corrected chi connectivity index (χ3v) is 6.53. The van der Waals surface area contributed by atoms with Gasteiger partial charge in [0.2, 0.25) is 5.75 Å². The van der Waals surface area contributed by atoms with Crippen LogP contribution < -0.4 is 18.9 Å². The maximum atomic E-state index is 13.5. The molecule has 1 aliphatic rings. The number of carbonyl (C=O) groups excluding carboxylic acids is 2.